The van der Waals surface area contributed by atoms with Gasteiger partial charge in [-0.25, -0.2) is 12.8 Å². The van der Waals surface area contributed by atoms with E-state index in [2.05, 4.69) is 25.6 Å². The Kier molecular flexibility index (Phi) is 4.85. The molecule has 21 heavy (non-hydrogen) atoms. The van der Waals surface area contributed by atoms with Gasteiger partial charge < -0.3 is 0 Å². The first kappa shape index (κ1) is 16.2. The van der Waals surface area contributed by atoms with E-state index in [-0.39, 0.29) is 9.92 Å². The number of benzene rings is 1. The van der Waals surface area contributed by atoms with Gasteiger partial charge in [0, 0.05) is 10.7 Å². The first-order valence-corrected chi connectivity index (χ1v) is 8.61. The fraction of sp³-hybridized carbons (Fsp3) is 0.154. The second-order valence-corrected chi connectivity index (χ2v) is 7.16. The average molecular weight is 394 g/mol. The highest BCUT2D eigenvalue weighted by atomic mass is 79.9. The summed E-state index contributed by atoms with van der Waals surface area (Å²) in [4.78, 5) is 3.96. The first-order chi connectivity index (χ1) is 9.83. The van der Waals surface area contributed by atoms with Crippen LogP contribution in [0, 0.1) is 5.82 Å². The van der Waals surface area contributed by atoms with Crippen molar-refractivity contribution in [3.63, 3.8) is 0 Å². The highest BCUT2D eigenvalue weighted by Gasteiger charge is 2.20. The van der Waals surface area contributed by atoms with Crippen LogP contribution in [0.25, 0.3) is 0 Å². The number of aromatic nitrogens is 1. The van der Waals surface area contributed by atoms with E-state index in [1.807, 2.05) is 6.92 Å². The third-order valence-electron chi connectivity index (χ3n) is 2.70. The third kappa shape index (κ3) is 3.72. The van der Waals surface area contributed by atoms with Crippen LogP contribution in [0.2, 0.25) is 5.02 Å². The van der Waals surface area contributed by atoms with Crippen molar-refractivity contribution in [3.05, 3.63) is 51.5 Å². The molecule has 1 aromatic heterocycles. The van der Waals surface area contributed by atoms with Gasteiger partial charge in [-0.15, -0.1) is 0 Å². The topological polar surface area (TPSA) is 59.1 Å². The van der Waals surface area contributed by atoms with E-state index >= 15 is 0 Å². The number of rotatable bonds is 4. The van der Waals surface area contributed by atoms with Gasteiger partial charge in [-0.05, 0) is 46.6 Å². The summed E-state index contributed by atoms with van der Waals surface area (Å²) in [5, 5.41) is -0.177. The Labute approximate surface area is 135 Å². The molecule has 8 heteroatoms. The molecule has 0 saturated heterocycles. The number of hydrogen-bond acceptors (Lipinski definition) is 3. The van der Waals surface area contributed by atoms with Gasteiger partial charge in [0.05, 0.1) is 16.4 Å². The molecule has 1 N–H and O–H groups in total. The monoisotopic (exact) mass is 392 g/mol. The lowest BCUT2D eigenvalue weighted by atomic mass is 10.2. The maximum atomic E-state index is 13.0. The minimum absolute atomic E-state index is 0.177. The number of halogens is 3. The lowest BCUT2D eigenvalue weighted by molar-refractivity contribution is 0.599. The highest BCUT2D eigenvalue weighted by Crippen LogP contribution is 2.27. The van der Waals surface area contributed by atoms with Crippen molar-refractivity contribution >= 4 is 43.2 Å². The predicted octanol–water partition coefficient (Wildman–Crippen LogP) is 4.00. The molecule has 2 rings (SSSR count). The normalized spacial score (nSPS) is 11.4. The molecule has 0 atom stereocenters. The van der Waals surface area contributed by atoms with E-state index in [0.29, 0.717) is 22.3 Å². The largest absolute Gasteiger partial charge is 0.278 e. The van der Waals surface area contributed by atoms with Gasteiger partial charge in [-0.3, -0.25) is 9.71 Å². The second-order valence-electron chi connectivity index (χ2n) is 4.18. The number of aryl methyl sites for hydroxylation is 1. The molecule has 2 aromatic rings. The van der Waals surface area contributed by atoms with Crippen LogP contribution in [-0.4, -0.2) is 13.4 Å². The summed E-state index contributed by atoms with van der Waals surface area (Å²) in [5.41, 5.74) is 0.951. The van der Waals surface area contributed by atoms with Crippen molar-refractivity contribution in [3.8, 4) is 0 Å². The van der Waals surface area contributed by atoms with Gasteiger partial charge in [-0.1, -0.05) is 18.5 Å². The zero-order chi connectivity index (χ0) is 15.6. The molecule has 0 aliphatic heterocycles. The minimum Gasteiger partial charge on any atom is -0.278 e. The number of hydrogen-bond donors (Lipinski definition) is 1. The Hall–Kier alpha value is -1.18. The Morgan fingerprint density at radius 2 is 2.10 bits per heavy atom. The molecule has 0 amide bonds. The Balaban J connectivity index is 2.44. The molecule has 112 valence electrons. The van der Waals surface area contributed by atoms with Crippen molar-refractivity contribution in [1.29, 1.82) is 0 Å². The molecule has 0 aliphatic carbocycles. The SMILES string of the molecule is CCc1ncc(Br)cc1NS(=O)(=O)c1ccc(F)cc1Cl. The van der Waals surface area contributed by atoms with Gasteiger partial charge in [-0.2, -0.15) is 0 Å². The van der Waals surface area contributed by atoms with E-state index in [1.54, 1.807) is 12.3 Å². The Morgan fingerprint density at radius 3 is 2.71 bits per heavy atom. The summed E-state index contributed by atoms with van der Waals surface area (Å²) in [7, 11) is -3.92. The fourth-order valence-corrected chi connectivity index (χ4v) is 3.67. The zero-order valence-corrected chi connectivity index (χ0v) is 14.1. The lowest BCUT2D eigenvalue weighted by Gasteiger charge is -2.12. The summed E-state index contributed by atoms with van der Waals surface area (Å²) >= 11 is 9.04. The number of pyridine rings is 1. The third-order valence-corrected chi connectivity index (χ3v) is 4.98. The van der Waals surface area contributed by atoms with Crippen molar-refractivity contribution in [1.82, 2.24) is 4.98 Å². The Bertz CT molecular complexity index is 784. The van der Waals surface area contributed by atoms with Gasteiger partial charge in [0.15, 0.2) is 0 Å². The molecule has 0 radical (unpaired) electrons. The van der Waals surface area contributed by atoms with Crippen molar-refractivity contribution < 1.29 is 12.8 Å². The molecule has 0 bridgehead atoms. The van der Waals surface area contributed by atoms with E-state index in [0.717, 1.165) is 18.2 Å². The molecule has 0 aliphatic rings. The first-order valence-electron chi connectivity index (χ1n) is 5.96. The van der Waals surface area contributed by atoms with Gasteiger partial charge >= 0.3 is 0 Å². The quantitative estimate of drug-likeness (QED) is 0.854. The summed E-state index contributed by atoms with van der Waals surface area (Å²) in [5.74, 6) is -0.600. The van der Waals surface area contributed by atoms with Crippen molar-refractivity contribution in [2.24, 2.45) is 0 Å². The lowest BCUT2D eigenvalue weighted by Crippen LogP contribution is -2.15. The zero-order valence-electron chi connectivity index (χ0n) is 10.9. The smallest absolute Gasteiger partial charge is 0.263 e. The van der Waals surface area contributed by atoms with Crippen molar-refractivity contribution in [2.45, 2.75) is 18.2 Å². The summed E-state index contributed by atoms with van der Waals surface area (Å²) in [6, 6.07) is 4.73. The number of anilines is 1. The molecular weight excluding hydrogens is 383 g/mol. The van der Waals surface area contributed by atoms with Gasteiger partial charge in [0.25, 0.3) is 10.0 Å². The molecule has 1 heterocycles. The Morgan fingerprint density at radius 1 is 1.38 bits per heavy atom. The van der Waals surface area contributed by atoms with Crippen molar-refractivity contribution in [2.75, 3.05) is 4.72 Å². The summed E-state index contributed by atoms with van der Waals surface area (Å²) in [6.45, 7) is 1.86. The number of sulfonamides is 1. The molecule has 0 unspecified atom stereocenters. The molecule has 0 saturated carbocycles. The van der Waals surface area contributed by atoms with Crippen LogP contribution >= 0.6 is 27.5 Å². The van der Waals surface area contributed by atoms with Crippen LogP contribution in [0.15, 0.2) is 39.8 Å². The van der Waals surface area contributed by atoms with Crippen LogP contribution in [-0.2, 0) is 16.4 Å². The van der Waals surface area contributed by atoms with E-state index in [1.165, 1.54) is 0 Å². The number of nitrogens with zero attached hydrogens (tertiary/aromatic N) is 1. The van der Waals surface area contributed by atoms with Gasteiger partial charge in [0.2, 0.25) is 0 Å². The maximum Gasteiger partial charge on any atom is 0.263 e. The number of nitrogens with one attached hydrogen (secondary N) is 1. The minimum atomic E-state index is -3.92. The van der Waals surface area contributed by atoms with E-state index < -0.39 is 15.8 Å². The van der Waals surface area contributed by atoms with Crippen LogP contribution < -0.4 is 4.72 Å². The molecule has 1 aromatic carbocycles. The van der Waals surface area contributed by atoms with Crippen LogP contribution in [0.1, 0.15) is 12.6 Å². The maximum absolute atomic E-state index is 13.0. The van der Waals surface area contributed by atoms with Crippen LogP contribution in [0.5, 0.6) is 0 Å². The average Bonchev–Trinajstić information content (AvgIpc) is 2.37. The standard InChI is InChI=1S/C13H11BrClFN2O2S/c1-2-11-12(5-8(14)7-17-11)18-21(19,20)13-4-3-9(16)6-10(13)15/h3-7,18H,2H2,1H3. The fourth-order valence-electron chi connectivity index (χ4n) is 1.73. The predicted molar refractivity (Wildman–Crippen MR) is 83.5 cm³/mol. The van der Waals surface area contributed by atoms with Crippen LogP contribution in [0.3, 0.4) is 0 Å². The van der Waals surface area contributed by atoms with E-state index in [4.69, 9.17) is 11.6 Å². The molecule has 4 nitrogen and oxygen atoms in total. The summed E-state index contributed by atoms with van der Waals surface area (Å²) in [6.07, 6.45) is 2.14. The van der Waals surface area contributed by atoms with Crippen LogP contribution in [0.4, 0.5) is 10.1 Å². The van der Waals surface area contributed by atoms with E-state index in [9.17, 15) is 12.8 Å². The summed E-state index contributed by atoms with van der Waals surface area (Å²) < 4.78 is 40.8. The molecule has 0 fully saturated rings. The van der Waals surface area contributed by atoms with Gasteiger partial charge in [0.1, 0.15) is 10.7 Å². The molecular formula is C13H11BrClFN2O2S. The second kappa shape index (κ2) is 6.29. The highest BCUT2D eigenvalue weighted by molar-refractivity contribution is 9.10. The molecule has 0 spiro atoms.